The average molecular weight is 773 g/mol. The minimum absolute atomic E-state index is 0.172. The molecule has 0 aromatic carbocycles. The Hall–Kier alpha value is -1.39. The minimum Gasteiger partial charge on any atom is -0.457 e. The first-order valence-corrected chi connectivity index (χ1v) is 24.6. The van der Waals surface area contributed by atoms with Gasteiger partial charge in [0.2, 0.25) is 0 Å². The van der Waals surface area contributed by atoms with Crippen molar-refractivity contribution >= 4 is 5.97 Å². The van der Waals surface area contributed by atoms with Crippen LogP contribution in [0.1, 0.15) is 258 Å². The number of aliphatic hydroxyl groups is 1. The molecule has 0 amide bonds. The zero-order valence-electron chi connectivity index (χ0n) is 37.2. The van der Waals surface area contributed by atoms with E-state index < -0.39 is 6.10 Å². The van der Waals surface area contributed by atoms with Crippen molar-refractivity contribution in [2.75, 3.05) is 19.8 Å². The molecule has 1 atom stereocenters. The Labute approximate surface area is 344 Å². The van der Waals surface area contributed by atoms with E-state index in [9.17, 15) is 9.90 Å². The van der Waals surface area contributed by atoms with Gasteiger partial charge in [-0.3, -0.25) is 4.79 Å². The molecule has 0 aromatic heterocycles. The summed E-state index contributed by atoms with van der Waals surface area (Å²) in [5.41, 5.74) is 0. The molecule has 0 saturated carbocycles. The highest BCUT2D eigenvalue weighted by Gasteiger charge is 2.13. The predicted molar refractivity (Wildman–Crippen MR) is 242 cm³/mol. The van der Waals surface area contributed by atoms with Gasteiger partial charge in [0, 0.05) is 13.0 Å². The van der Waals surface area contributed by atoms with Crippen LogP contribution in [0.5, 0.6) is 0 Å². The number of allylic oxidation sites excluding steroid dienone is 6. The van der Waals surface area contributed by atoms with Gasteiger partial charge in [-0.05, 0) is 70.6 Å². The molecule has 0 saturated heterocycles. The van der Waals surface area contributed by atoms with E-state index >= 15 is 0 Å². The van der Waals surface area contributed by atoms with Crippen LogP contribution in [-0.2, 0) is 14.3 Å². The van der Waals surface area contributed by atoms with Gasteiger partial charge in [0.25, 0.3) is 0 Å². The molecule has 0 rings (SSSR count). The Morgan fingerprint density at radius 3 is 1.18 bits per heavy atom. The Balaban J connectivity index is 3.39. The number of rotatable bonds is 46. The van der Waals surface area contributed by atoms with E-state index in [4.69, 9.17) is 9.47 Å². The van der Waals surface area contributed by atoms with Crippen molar-refractivity contribution in [2.45, 2.75) is 264 Å². The van der Waals surface area contributed by atoms with E-state index in [0.29, 0.717) is 19.6 Å². The van der Waals surface area contributed by atoms with Gasteiger partial charge in [-0.15, -0.1) is 0 Å². The van der Waals surface area contributed by atoms with Crippen LogP contribution in [0.25, 0.3) is 0 Å². The number of unbranched alkanes of at least 4 members (excludes halogenated alkanes) is 32. The molecule has 1 N–H and O–H groups in total. The average Bonchev–Trinajstić information content (AvgIpc) is 3.19. The number of esters is 1. The zero-order chi connectivity index (χ0) is 39.8. The molecule has 4 nitrogen and oxygen atoms in total. The second-order valence-electron chi connectivity index (χ2n) is 16.5. The third-order valence-electron chi connectivity index (χ3n) is 10.9. The van der Waals surface area contributed by atoms with E-state index in [1.165, 1.54) is 212 Å². The number of hydrogen-bond donors (Lipinski definition) is 1. The smallest absolute Gasteiger partial charge is 0.306 e. The quantitative estimate of drug-likeness (QED) is 0.0380. The monoisotopic (exact) mass is 773 g/mol. The van der Waals surface area contributed by atoms with Crippen LogP contribution in [-0.4, -0.2) is 37.0 Å². The van der Waals surface area contributed by atoms with Crippen LogP contribution in [0.2, 0.25) is 0 Å². The van der Waals surface area contributed by atoms with E-state index in [-0.39, 0.29) is 12.6 Å². The summed E-state index contributed by atoms with van der Waals surface area (Å²) in [5.74, 6) is -0.199. The third-order valence-corrected chi connectivity index (χ3v) is 10.9. The lowest BCUT2D eigenvalue weighted by atomic mass is 10.0. The van der Waals surface area contributed by atoms with Gasteiger partial charge < -0.3 is 14.6 Å². The van der Waals surface area contributed by atoms with E-state index in [2.05, 4.69) is 50.3 Å². The number of ether oxygens (including phenoxy) is 2. The molecule has 0 fully saturated rings. The second kappa shape index (κ2) is 48.8. The number of carbonyl (C=O) groups excluding carboxylic acids is 1. The number of hydrogen-bond acceptors (Lipinski definition) is 4. The minimum atomic E-state index is -0.536. The van der Waals surface area contributed by atoms with Crippen molar-refractivity contribution in [3.63, 3.8) is 0 Å². The summed E-state index contributed by atoms with van der Waals surface area (Å²) in [4.78, 5) is 12.3. The molecule has 0 aromatic rings. The van der Waals surface area contributed by atoms with Gasteiger partial charge >= 0.3 is 5.97 Å². The summed E-state index contributed by atoms with van der Waals surface area (Å²) in [6, 6.07) is 0. The molecule has 1 unspecified atom stereocenters. The van der Waals surface area contributed by atoms with Gasteiger partial charge in [0.05, 0.1) is 13.2 Å². The first-order chi connectivity index (χ1) is 27.2. The van der Waals surface area contributed by atoms with E-state index in [1.807, 2.05) is 0 Å². The van der Waals surface area contributed by atoms with Crippen LogP contribution < -0.4 is 0 Å². The largest absolute Gasteiger partial charge is 0.457 e. The molecule has 55 heavy (non-hydrogen) atoms. The number of carbonyl (C=O) groups is 1. The molecule has 4 heteroatoms. The van der Waals surface area contributed by atoms with E-state index in [1.54, 1.807) is 0 Å². The van der Waals surface area contributed by atoms with Crippen molar-refractivity contribution in [3.05, 3.63) is 36.5 Å². The van der Waals surface area contributed by atoms with Crippen molar-refractivity contribution in [1.82, 2.24) is 0 Å². The summed E-state index contributed by atoms with van der Waals surface area (Å²) < 4.78 is 11.2. The summed E-state index contributed by atoms with van der Waals surface area (Å²) in [6.07, 6.45) is 62.3. The molecule has 0 aliphatic rings. The molecule has 0 aliphatic heterocycles. The second-order valence-corrected chi connectivity index (χ2v) is 16.5. The van der Waals surface area contributed by atoms with Crippen LogP contribution in [0, 0.1) is 0 Å². The van der Waals surface area contributed by atoms with Crippen molar-refractivity contribution in [2.24, 2.45) is 0 Å². The van der Waals surface area contributed by atoms with Gasteiger partial charge in [-0.25, -0.2) is 0 Å². The Bertz CT molecular complexity index is 818. The highest BCUT2D eigenvalue weighted by atomic mass is 16.6. The lowest BCUT2D eigenvalue weighted by molar-refractivity contribution is -0.154. The standard InChI is InChI=1S/C51H96O4/c1-3-5-7-9-11-13-15-17-19-21-23-24-25-26-27-28-29-30-32-34-36-38-40-42-44-46-51(53)55-50(48-52)49-54-47-45-43-41-39-37-35-33-31-22-20-18-16-14-12-10-8-6-4-2/h12,14,18,20-21,23,50,52H,3-11,13,15-17,19,22,24-49H2,1-2H3/b14-12-,20-18-,23-21-. The maximum absolute atomic E-state index is 12.3. The molecule has 324 valence electrons. The maximum Gasteiger partial charge on any atom is 0.306 e. The topological polar surface area (TPSA) is 55.8 Å². The van der Waals surface area contributed by atoms with Crippen LogP contribution >= 0.6 is 0 Å². The van der Waals surface area contributed by atoms with Gasteiger partial charge in [-0.1, -0.05) is 217 Å². The summed E-state index contributed by atoms with van der Waals surface area (Å²) in [7, 11) is 0. The fraction of sp³-hybridized carbons (Fsp3) is 0.863. The van der Waals surface area contributed by atoms with Crippen LogP contribution in [0.4, 0.5) is 0 Å². The highest BCUT2D eigenvalue weighted by Crippen LogP contribution is 2.15. The highest BCUT2D eigenvalue weighted by molar-refractivity contribution is 5.69. The van der Waals surface area contributed by atoms with Crippen molar-refractivity contribution < 1.29 is 19.4 Å². The Morgan fingerprint density at radius 1 is 0.436 bits per heavy atom. The van der Waals surface area contributed by atoms with Gasteiger partial charge in [0.15, 0.2) is 0 Å². The SMILES string of the molecule is CCCCC/C=C\C/C=C\CCCCCCCCCCOCC(CO)OC(=O)CCCCCCCCCCCCCCC/C=C\CCCCCCCCCC. The molecule has 0 aliphatic carbocycles. The molecular weight excluding hydrogens is 677 g/mol. The van der Waals surface area contributed by atoms with Crippen LogP contribution in [0.15, 0.2) is 36.5 Å². The first kappa shape index (κ1) is 53.6. The lowest BCUT2D eigenvalue weighted by Gasteiger charge is -2.16. The fourth-order valence-corrected chi connectivity index (χ4v) is 7.24. The van der Waals surface area contributed by atoms with E-state index in [0.717, 1.165) is 25.7 Å². The molecular formula is C51H96O4. The first-order valence-electron chi connectivity index (χ1n) is 24.6. The van der Waals surface area contributed by atoms with Crippen LogP contribution in [0.3, 0.4) is 0 Å². The fourth-order valence-electron chi connectivity index (χ4n) is 7.24. The van der Waals surface area contributed by atoms with Gasteiger partial charge in [0.1, 0.15) is 6.10 Å². The third kappa shape index (κ3) is 46.9. The Morgan fingerprint density at radius 2 is 0.764 bits per heavy atom. The lowest BCUT2D eigenvalue weighted by Crippen LogP contribution is -2.27. The molecule has 0 heterocycles. The summed E-state index contributed by atoms with van der Waals surface area (Å²) in [5, 5.41) is 9.63. The zero-order valence-corrected chi connectivity index (χ0v) is 37.2. The van der Waals surface area contributed by atoms with Crippen molar-refractivity contribution in [1.29, 1.82) is 0 Å². The Kier molecular flexibility index (Phi) is 47.5. The van der Waals surface area contributed by atoms with Gasteiger partial charge in [-0.2, -0.15) is 0 Å². The maximum atomic E-state index is 12.3. The normalized spacial score (nSPS) is 12.6. The van der Waals surface area contributed by atoms with Crippen molar-refractivity contribution in [3.8, 4) is 0 Å². The predicted octanol–water partition coefficient (Wildman–Crippen LogP) is 16.4. The summed E-state index contributed by atoms with van der Waals surface area (Å²) in [6.45, 7) is 5.34. The molecule has 0 spiro atoms. The molecule has 0 radical (unpaired) electrons. The molecule has 0 bridgehead atoms. The summed E-state index contributed by atoms with van der Waals surface area (Å²) >= 11 is 0. The number of aliphatic hydroxyl groups excluding tert-OH is 1.